The Labute approximate surface area is 94.1 Å². The largest absolute Gasteiger partial charge is 0.399 e. The van der Waals surface area contributed by atoms with Gasteiger partial charge in [0.25, 0.3) is 0 Å². The summed E-state index contributed by atoms with van der Waals surface area (Å²) in [6.07, 6.45) is 3.78. The summed E-state index contributed by atoms with van der Waals surface area (Å²) in [5, 5.41) is 12.0. The summed E-state index contributed by atoms with van der Waals surface area (Å²) >= 11 is 0. The van der Waals surface area contributed by atoms with Gasteiger partial charge in [0.1, 0.15) is 0 Å². The van der Waals surface area contributed by atoms with Crippen LogP contribution in [0.3, 0.4) is 0 Å². The van der Waals surface area contributed by atoms with Crippen molar-refractivity contribution in [3.63, 3.8) is 0 Å². The van der Waals surface area contributed by atoms with Crippen molar-refractivity contribution in [2.45, 2.75) is 0 Å². The number of nitrogens with one attached hydrogen (secondary N) is 2. The molecule has 0 amide bonds. The molecule has 0 aliphatic carbocycles. The Morgan fingerprint density at radius 2 is 2.19 bits per heavy atom. The number of nitrogen functional groups attached to an aromatic ring is 1. The number of hydrogen-bond donors (Lipinski definition) is 4. The second-order valence-corrected chi connectivity index (χ2v) is 3.56. The molecular weight excluding hydrogens is 202 g/mol. The van der Waals surface area contributed by atoms with E-state index in [1.54, 1.807) is 0 Å². The third kappa shape index (κ3) is 2.17. The lowest BCUT2D eigenvalue weighted by Gasteiger charge is -2.11. The fraction of sp³-hybridized carbons (Fsp3) is 0.167. The van der Waals surface area contributed by atoms with Crippen LogP contribution in [-0.2, 0) is 0 Å². The van der Waals surface area contributed by atoms with Crippen molar-refractivity contribution in [2.75, 3.05) is 24.2 Å². The highest BCUT2D eigenvalue weighted by Gasteiger charge is 2.05. The minimum Gasteiger partial charge on any atom is -0.399 e. The molecule has 84 valence electrons. The van der Waals surface area contributed by atoms with Crippen LogP contribution in [0.1, 0.15) is 0 Å². The summed E-state index contributed by atoms with van der Waals surface area (Å²) in [4.78, 5) is 3.01. The van der Waals surface area contributed by atoms with Gasteiger partial charge in [-0.3, -0.25) is 0 Å². The first-order valence-corrected chi connectivity index (χ1v) is 5.18. The molecule has 2 aromatic rings. The van der Waals surface area contributed by atoms with Gasteiger partial charge in [0, 0.05) is 41.4 Å². The molecule has 0 aliphatic heterocycles. The summed E-state index contributed by atoms with van der Waals surface area (Å²) in [6.45, 7) is 0.637. The number of anilines is 2. The van der Waals surface area contributed by atoms with Crippen LogP contribution in [0.5, 0.6) is 0 Å². The minimum atomic E-state index is 0.108. The molecule has 2 rings (SSSR count). The highest BCUT2D eigenvalue weighted by Crippen LogP contribution is 2.29. The fourth-order valence-corrected chi connectivity index (χ4v) is 1.64. The molecule has 0 spiro atoms. The molecule has 5 N–H and O–H groups in total. The number of nitrogens with two attached hydrogens (primary N) is 1. The molecule has 0 aliphatic rings. The van der Waals surface area contributed by atoms with Crippen LogP contribution in [0.4, 0.5) is 11.4 Å². The molecule has 1 aromatic heterocycles. The number of hydrogen-bond acceptors (Lipinski definition) is 3. The zero-order valence-corrected chi connectivity index (χ0v) is 8.90. The third-order valence-electron chi connectivity index (χ3n) is 2.38. The smallest absolute Gasteiger partial charge is 0.0604 e. The van der Waals surface area contributed by atoms with E-state index in [4.69, 9.17) is 10.8 Å². The summed E-state index contributed by atoms with van der Waals surface area (Å²) in [7, 11) is 0. The molecule has 1 aromatic carbocycles. The number of aromatic amines is 1. The van der Waals surface area contributed by atoms with Crippen LogP contribution in [-0.4, -0.2) is 23.2 Å². The maximum Gasteiger partial charge on any atom is 0.0604 e. The number of aromatic nitrogens is 1. The van der Waals surface area contributed by atoms with Crippen LogP contribution >= 0.6 is 0 Å². The molecular formula is C12H15N3O. The number of aliphatic hydroxyl groups is 1. The van der Waals surface area contributed by atoms with Crippen molar-refractivity contribution < 1.29 is 5.11 Å². The topological polar surface area (TPSA) is 74.1 Å². The monoisotopic (exact) mass is 217 g/mol. The van der Waals surface area contributed by atoms with Gasteiger partial charge in [-0.25, -0.2) is 0 Å². The highest BCUT2D eigenvalue weighted by atomic mass is 16.3. The van der Waals surface area contributed by atoms with Gasteiger partial charge in [0.2, 0.25) is 0 Å². The molecule has 0 unspecified atom stereocenters. The Kier molecular flexibility index (Phi) is 3.12. The van der Waals surface area contributed by atoms with Crippen LogP contribution in [0.2, 0.25) is 0 Å². The standard InChI is InChI=1S/C12H15N3O/c13-10-1-2-12(15-5-6-16)11(7-10)9-3-4-14-8-9/h1-4,7-8,14-16H,5-6,13H2. The van der Waals surface area contributed by atoms with E-state index in [1.807, 2.05) is 36.7 Å². The SMILES string of the molecule is Nc1ccc(NCCO)c(-c2cc[nH]c2)c1. The van der Waals surface area contributed by atoms with Crippen molar-refractivity contribution in [1.29, 1.82) is 0 Å². The van der Waals surface area contributed by atoms with Crippen molar-refractivity contribution in [3.8, 4) is 11.1 Å². The molecule has 0 bridgehead atoms. The van der Waals surface area contributed by atoms with Crippen LogP contribution in [0.25, 0.3) is 11.1 Å². The van der Waals surface area contributed by atoms with Gasteiger partial charge in [-0.2, -0.15) is 0 Å². The molecule has 0 saturated carbocycles. The van der Waals surface area contributed by atoms with Gasteiger partial charge >= 0.3 is 0 Å². The normalized spacial score (nSPS) is 10.3. The van der Waals surface area contributed by atoms with E-state index in [2.05, 4.69) is 10.3 Å². The van der Waals surface area contributed by atoms with Crippen molar-refractivity contribution >= 4 is 11.4 Å². The van der Waals surface area contributed by atoms with Crippen LogP contribution in [0.15, 0.2) is 36.7 Å². The number of benzene rings is 1. The predicted molar refractivity (Wildman–Crippen MR) is 66.2 cm³/mol. The summed E-state index contributed by atoms with van der Waals surface area (Å²) < 4.78 is 0. The number of H-pyrrole nitrogens is 1. The van der Waals surface area contributed by atoms with Crippen molar-refractivity contribution in [2.24, 2.45) is 0 Å². The lowest BCUT2D eigenvalue weighted by atomic mass is 10.1. The summed E-state index contributed by atoms with van der Waals surface area (Å²) in [5.74, 6) is 0. The maximum atomic E-state index is 8.81. The van der Waals surface area contributed by atoms with Gasteiger partial charge in [0.05, 0.1) is 6.61 Å². The zero-order valence-electron chi connectivity index (χ0n) is 8.90. The van der Waals surface area contributed by atoms with E-state index < -0.39 is 0 Å². The molecule has 4 nitrogen and oxygen atoms in total. The Bertz CT molecular complexity index is 451. The predicted octanol–water partition coefficient (Wildman–Crippen LogP) is 1.67. The average Bonchev–Trinajstić information content (AvgIpc) is 2.80. The van der Waals surface area contributed by atoms with E-state index in [-0.39, 0.29) is 6.61 Å². The first-order chi connectivity index (χ1) is 7.81. The first-order valence-electron chi connectivity index (χ1n) is 5.18. The fourth-order valence-electron chi connectivity index (χ4n) is 1.64. The Balaban J connectivity index is 2.37. The van der Waals surface area contributed by atoms with Gasteiger partial charge in [-0.15, -0.1) is 0 Å². The van der Waals surface area contributed by atoms with Crippen molar-refractivity contribution in [3.05, 3.63) is 36.7 Å². The van der Waals surface area contributed by atoms with Gasteiger partial charge < -0.3 is 21.1 Å². The zero-order chi connectivity index (χ0) is 11.4. The van der Waals surface area contributed by atoms with E-state index in [0.717, 1.165) is 22.5 Å². The lowest BCUT2D eigenvalue weighted by Crippen LogP contribution is -2.06. The van der Waals surface area contributed by atoms with E-state index in [9.17, 15) is 0 Å². The highest BCUT2D eigenvalue weighted by molar-refractivity contribution is 5.80. The van der Waals surface area contributed by atoms with Gasteiger partial charge in [-0.05, 0) is 24.3 Å². The molecule has 0 fully saturated rings. The molecule has 0 atom stereocenters. The van der Waals surface area contributed by atoms with E-state index in [0.29, 0.717) is 6.54 Å². The van der Waals surface area contributed by atoms with Crippen LogP contribution in [0, 0.1) is 0 Å². The van der Waals surface area contributed by atoms with Gasteiger partial charge in [-0.1, -0.05) is 0 Å². The minimum absolute atomic E-state index is 0.108. The maximum absolute atomic E-state index is 8.81. The average molecular weight is 217 g/mol. The molecule has 0 radical (unpaired) electrons. The Hall–Kier alpha value is -1.94. The van der Waals surface area contributed by atoms with Crippen molar-refractivity contribution in [1.82, 2.24) is 4.98 Å². The first kappa shape index (κ1) is 10.6. The Morgan fingerprint density at radius 3 is 2.88 bits per heavy atom. The Morgan fingerprint density at radius 1 is 1.31 bits per heavy atom. The third-order valence-corrected chi connectivity index (χ3v) is 2.38. The van der Waals surface area contributed by atoms with E-state index >= 15 is 0 Å². The summed E-state index contributed by atoms with van der Waals surface area (Å²) in [5.41, 5.74) is 9.59. The van der Waals surface area contributed by atoms with Gasteiger partial charge in [0.15, 0.2) is 0 Å². The lowest BCUT2D eigenvalue weighted by molar-refractivity contribution is 0.311. The number of aliphatic hydroxyl groups excluding tert-OH is 1. The quantitative estimate of drug-likeness (QED) is 0.588. The molecule has 4 heteroatoms. The van der Waals surface area contributed by atoms with E-state index in [1.165, 1.54) is 0 Å². The molecule has 1 heterocycles. The molecule has 0 saturated heterocycles. The molecule has 16 heavy (non-hydrogen) atoms. The second-order valence-electron chi connectivity index (χ2n) is 3.56. The van der Waals surface area contributed by atoms with Crippen LogP contribution < -0.4 is 11.1 Å². The second kappa shape index (κ2) is 4.72. The number of rotatable bonds is 4. The summed E-state index contributed by atoms with van der Waals surface area (Å²) in [6, 6.07) is 7.67.